The quantitative estimate of drug-likeness (QED) is 0.703. The first kappa shape index (κ1) is 17.0. The van der Waals surface area contributed by atoms with E-state index in [0.717, 1.165) is 19.5 Å². The Morgan fingerprint density at radius 2 is 1.54 bits per heavy atom. The predicted molar refractivity (Wildman–Crippen MR) is 107 cm³/mol. The Labute approximate surface area is 155 Å². The molecule has 0 amide bonds. The average Bonchev–Trinajstić information content (AvgIpc) is 2.74. The first-order chi connectivity index (χ1) is 12.9. The van der Waals surface area contributed by atoms with Crippen molar-refractivity contribution in [1.29, 1.82) is 0 Å². The van der Waals surface area contributed by atoms with Gasteiger partial charge in [0.25, 0.3) is 0 Å². The minimum atomic E-state index is 0.204. The highest BCUT2D eigenvalue weighted by Crippen LogP contribution is 2.31. The molecule has 1 aliphatic rings. The molecule has 2 heteroatoms. The highest BCUT2D eigenvalue weighted by Gasteiger charge is 2.27. The summed E-state index contributed by atoms with van der Waals surface area (Å²) in [6, 6.07) is 30.0. The van der Waals surface area contributed by atoms with E-state index in [0.29, 0.717) is 12.5 Å². The van der Waals surface area contributed by atoms with Crippen LogP contribution >= 0.6 is 0 Å². The van der Waals surface area contributed by atoms with Gasteiger partial charge in [-0.15, -0.1) is 0 Å². The van der Waals surface area contributed by atoms with Crippen molar-refractivity contribution in [2.24, 2.45) is 0 Å². The third kappa shape index (κ3) is 4.04. The van der Waals surface area contributed by atoms with E-state index in [2.05, 4.69) is 84.2 Å². The van der Waals surface area contributed by atoms with Crippen molar-refractivity contribution in [3.05, 3.63) is 96.1 Å². The molecular formula is C24H25NO. The van der Waals surface area contributed by atoms with E-state index in [1.165, 1.54) is 22.3 Å². The van der Waals surface area contributed by atoms with Crippen LogP contribution in [0.2, 0.25) is 0 Å². The number of benzene rings is 3. The molecule has 132 valence electrons. The second kappa shape index (κ2) is 8.31. The lowest BCUT2D eigenvalue weighted by Crippen LogP contribution is -2.40. The molecule has 26 heavy (non-hydrogen) atoms. The third-order valence-electron chi connectivity index (χ3n) is 5.16. The van der Waals surface area contributed by atoms with E-state index in [4.69, 9.17) is 4.74 Å². The fraction of sp³-hybridized carbons (Fsp3) is 0.250. The van der Waals surface area contributed by atoms with Crippen LogP contribution in [0.1, 0.15) is 23.5 Å². The molecule has 1 fully saturated rings. The van der Waals surface area contributed by atoms with Gasteiger partial charge in [0.05, 0.1) is 12.7 Å². The molecule has 1 saturated heterocycles. The minimum Gasteiger partial charge on any atom is -0.372 e. The summed E-state index contributed by atoms with van der Waals surface area (Å²) in [6.45, 7) is 2.63. The van der Waals surface area contributed by atoms with Gasteiger partial charge in [0.1, 0.15) is 0 Å². The fourth-order valence-electron chi connectivity index (χ4n) is 3.74. The molecule has 4 rings (SSSR count). The van der Waals surface area contributed by atoms with Gasteiger partial charge in [0, 0.05) is 12.5 Å². The Balaban J connectivity index is 1.52. The number of ether oxygens (including phenoxy) is 1. The summed E-state index contributed by atoms with van der Waals surface area (Å²) < 4.78 is 6.32. The Morgan fingerprint density at radius 1 is 0.808 bits per heavy atom. The average molecular weight is 343 g/mol. The van der Waals surface area contributed by atoms with Crippen LogP contribution in [0.15, 0.2) is 84.9 Å². The lowest BCUT2D eigenvalue weighted by molar-refractivity contribution is 0.0106. The molecule has 0 unspecified atom stereocenters. The van der Waals surface area contributed by atoms with Gasteiger partial charge in [-0.3, -0.25) is 0 Å². The van der Waals surface area contributed by atoms with Crippen molar-refractivity contribution in [3.63, 3.8) is 0 Å². The lowest BCUT2D eigenvalue weighted by atomic mass is 9.86. The first-order valence-electron chi connectivity index (χ1n) is 9.42. The zero-order valence-corrected chi connectivity index (χ0v) is 15.0. The van der Waals surface area contributed by atoms with Gasteiger partial charge in [-0.05, 0) is 35.2 Å². The van der Waals surface area contributed by atoms with E-state index in [1.54, 1.807) is 0 Å². The monoisotopic (exact) mass is 343 g/mol. The first-order valence-corrected chi connectivity index (χ1v) is 9.42. The maximum atomic E-state index is 6.32. The van der Waals surface area contributed by atoms with Gasteiger partial charge in [0.2, 0.25) is 0 Å². The van der Waals surface area contributed by atoms with Gasteiger partial charge in [-0.1, -0.05) is 84.9 Å². The molecule has 0 aromatic heterocycles. The van der Waals surface area contributed by atoms with Crippen molar-refractivity contribution in [2.75, 3.05) is 13.1 Å². The number of hydrogen-bond acceptors (Lipinski definition) is 2. The van der Waals surface area contributed by atoms with Crippen molar-refractivity contribution < 1.29 is 4.74 Å². The van der Waals surface area contributed by atoms with Crippen molar-refractivity contribution >= 4 is 0 Å². The van der Waals surface area contributed by atoms with Crippen LogP contribution in [0.4, 0.5) is 0 Å². The maximum Gasteiger partial charge on any atom is 0.0772 e. The summed E-state index contributed by atoms with van der Waals surface area (Å²) >= 11 is 0. The van der Waals surface area contributed by atoms with E-state index < -0.39 is 0 Å². The van der Waals surface area contributed by atoms with E-state index in [-0.39, 0.29) is 6.10 Å². The van der Waals surface area contributed by atoms with Crippen LogP contribution in [0.25, 0.3) is 11.1 Å². The second-order valence-electron chi connectivity index (χ2n) is 6.93. The Kier molecular flexibility index (Phi) is 5.44. The summed E-state index contributed by atoms with van der Waals surface area (Å²) in [4.78, 5) is 0. The number of hydrogen-bond donors (Lipinski definition) is 1. The summed E-state index contributed by atoms with van der Waals surface area (Å²) in [7, 11) is 0. The lowest BCUT2D eigenvalue weighted by Gasteiger charge is -2.32. The standard InChI is InChI=1S/C24H25NO/c1-3-8-19(9-4-1)18-26-24-17-25-15-14-23(24)22-13-7-12-21(16-22)20-10-5-2-6-11-20/h1-13,16,23-25H,14-15,17-18H2/t23-,24+/m1/s1. The molecule has 2 nitrogen and oxygen atoms in total. The highest BCUT2D eigenvalue weighted by molar-refractivity contribution is 5.64. The zero-order valence-electron chi connectivity index (χ0n) is 15.0. The molecule has 3 aromatic rings. The van der Waals surface area contributed by atoms with Crippen molar-refractivity contribution in [1.82, 2.24) is 5.32 Å². The zero-order chi connectivity index (χ0) is 17.6. The molecule has 0 spiro atoms. The largest absolute Gasteiger partial charge is 0.372 e. The van der Waals surface area contributed by atoms with E-state index in [9.17, 15) is 0 Å². The fourth-order valence-corrected chi connectivity index (χ4v) is 3.74. The number of rotatable bonds is 5. The van der Waals surface area contributed by atoms with Crippen molar-refractivity contribution in [2.45, 2.75) is 25.0 Å². The molecule has 0 bridgehead atoms. The molecule has 1 heterocycles. The molecule has 0 radical (unpaired) electrons. The maximum absolute atomic E-state index is 6.32. The number of nitrogens with one attached hydrogen (secondary N) is 1. The van der Waals surface area contributed by atoms with Crippen LogP contribution < -0.4 is 5.32 Å². The second-order valence-corrected chi connectivity index (χ2v) is 6.93. The van der Waals surface area contributed by atoms with Crippen LogP contribution in [0, 0.1) is 0 Å². The Morgan fingerprint density at radius 3 is 2.35 bits per heavy atom. The van der Waals surface area contributed by atoms with Gasteiger partial charge in [-0.25, -0.2) is 0 Å². The molecule has 1 N–H and O–H groups in total. The van der Waals surface area contributed by atoms with Crippen molar-refractivity contribution in [3.8, 4) is 11.1 Å². The minimum absolute atomic E-state index is 0.204. The summed E-state index contributed by atoms with van der Waals surface area (Å²) in [5.74, 6) is 0.434. The number of piperidine rings is 1. The molecular weight excluding hydrogens is 318 g/mol. The summed E-state index contributed by atoms with van der Waals surface area (Å²) in [5.41, 5.74) is 5.16. The van der Waals surface area contributed by atoms with Gasteiger partial charge < -0.3 is 10.1 Å². The van der Waals surface area contributed by atoms with E-state index in [1.807, 2.05) is 6.07 Å². The Bertz CT molecular complexity index is 816. The Hall–Kier alpha value is -2.42. The predicted octanol–water partition coefficient (Wildman–Crippen LogP) is 5.02. The molecule has 2 atom stereocenters. The van der Waals surface area contributed by atoms with Crippen LogP contribution in [0.5, 0.6) is 0 Å². The van der Waals surface area contributed by atoms with Crippen LogP contribution in [0.3, 0.4) is 0 Å². The normalized spacial score (nSPS) is 20.0. The third-order valence-corrected chi connectivity index (χ3v) is 5.16. The SMILES string of the molecule is c1ccc(CO[C@H]2CNCC[C@@H]2c2cccc(-c3ccccc3)c2)cc1. The van der Waals surface area contributed by atoms with Gasteiger partial charge >= 0.3 is 0 Å². The van der Waals surface area contributed by atoms with Gasteiger partial charge in [-0.2, -0.15) is 0 Å². The van der Waals surface area contributed by atoms with E-state index >= 15 is 0 Å². The van der Waals surface area contributed by atoms with Gasteiger partial charge in [0.15, 0.2) is 0 Å². The van der Waals surface area contributed by atoms with Crippen LogP contribution in [-0.4, -0.2) is 19.2 Å². The molecule has 0 saturated carbocycles. The van der Waals surface area contributed by atoms with Crippen LogP contribution in [-0.2, 0) is 11.3 Å². The molecule has 1 aliphatic heterocycles. The smallest absolute Gasteiger partial charge is 0.0772 e. The highest BCUT2D eigenvalue weighted by atomic mass is 16.5. The molecule has 0 aliphatic carbocycles. The summed E-state index contributed by atoms with van der Waals surface area (Å²) in [6.07, 6.45) is 1.31. The topological polar surface area (TPSA) is 21.3 Å². The molecule has 3 aromatic carbocycles. The summed E-state index contributed by atoms with van der Waals surface area (Å²) in [5, 5.41) is 3.49.